The van der Waals surface area contributed by atoms with Crippen molar-refractivity contribution in [1.29, 1.82) is 0 Å². The lowest BCUT2D eigenvalue weighted by Crippen LogP contribution is -2.27. The number of hydrogen-bond acceptors (Lipinski definition) is 3. The number of aliphatic carboxylic acids is 1. The van der Waals surface area contributed by atoms with Gasteiger partial charge in [-0.25, -0.2) is 0 Å². The molecular weight excluding hydrogens is 529 g/mol. The number of halogens is 4. The van der Waals surface area contributed by atoms with Crippen LogP contribution in [0.3, 0.4) is 0 Å². The van der Waals surface area contributed by atoms with Crippen LogP contribution in [-0.4, -0.2) is 22.0 Å². The molecule has 5 nitrogen and oxygen atoms in total. The molecule has 206 valence electrons. The Morgan fingerprint density at radius 1 is 1.13 bits per heavy atom. The number of carboxylic acid groups (broad SMARTS) is 1. The number of carbonyl (C=O) groups is 2. The Kier molecular flexibility index (Phi) is 8.64. The predicted molar refractivity (Wildman–Crippen MR) is 145 cm³/mol. The Hall–Kier alpha value is -3.39. The highest BCUT2D eigenvalue weighted by Gasteiger charge is 2.35. The number of hydrogen-bond donors (Lipinski definition) is 2. The number of carbonyl (C=O) groups excluding carboxylic acids is 1. The van der Waals surface area contributed by atoms with E-state index in [0.717, 1.165) is 49.1 Å². The SMILES string of the molecule is Cc1cc(C(C(=O)Nc2cccc(CCC(=O)O)c2C)C2CCCC2)c(Cl)cc1-c1cncc(C(F)(F)F)c1. The third-order valence-corrected chi connectivity index (χ3v) is 7.85. The number of nitrogens with one attached hydrogen (secondary N) is 1. The van der Waals surface area contributed by atoms with Crippen LogP contribution in [0, 0.1) is 19.8 Å². The maximum absolute atomic E-state index is 13.8. The number of pyridine rings is 1. The minimum absolute atomic E-state index is 0.00836. The molecule has 1 aliphatic rings. The van der Waals surface area contributed by atoms with Gasteiger partial charge in [-0.2, -0.15) is 13.2 Å². The van der Waals surface area contributed by atoms with Gasteiger partial charge in [0.25, 0.3) is 0 Å². The highest BCUT2D eigenvalue weighted by atomic mass is 35.5. The Balaban J connectivity index is 1.68. The highest BCUT2D eigenvalue weighted by Crippen LogP contribution is 2.43. The first-order valence-electron chi connectivity index (χ1n) is 12.9. The summed E-state index contributed by atoms with van der Waals surface area (Å²) in [4.78, 5) is 28.6. The van der Waals surface area contributed by atoms with Crippen molar-refractivity contribution in [2.24, 2.45) is 5.92 Å². The zero-order chi connectivity index (χ0) is 28.3. The lowest BCUT2D eigenvalue weighted by molar-refractivity contribution is -0.138. The van der Waals surface area contributed by atoms with E-state index in [1.807, 2.05) is 13.0 Å². The summed E-state index contributed by atoms with van der Waals surface area (Å²) in [5, 5.41) is 12.4. The zero-order valence-corrected chi connectivity index (χ0v) is 22.5. The van der Waals surface area contributed by atoms with Crippen molar-refractivity contribution in [3.63, 3.8) is 0 Å². The van der Waals surface area contributed by atoms with Crippen molar-refractivity contribution in [1.82, 2.24) is 4.98 Å². The van der Waals surface area contributed by atoms with Crippen LogP contribution in [0.4, 0.5) is 18.9 Å². The predicted octanol–water partition coefficient (Wildman–Crippen LogP) is 7.97. The molecule has 0 bridgehead atoms. The number of carboxylic acids is 1. The Labute approximate surface area is 230 Å². The molecule has 1 unspecified atom stereocenters. The number of alkyl halides is 3. The molecular formula is C30H30ClF3N2O3. The average molecular weight is 559 g/mol. The van der Waals surface area contributed by atoms with E-state index in [-0.39, 0.29) is 18.2 Å². The van der Waals surface area contributed by atoms with Gasteiger partial charge < -0.3 is 10.4 Å². The summed E-state index contributed by atoms with van der Waals surface area (Å²) in [5.74, 6) is -1.58. The maximum Gasteiger partial charge on any atom is 0.417 e. The van der Waals surface area contributed by atoms with E-state index in [0.29, 0.717) is 39.4 Å². The summed E-state index contributed by atoms with van der Waals surface area (Å²) in [6.45, 7) is 3.64. The van der Waals surface area contributed by atoms with Crippen LogP contribution < -0.4 is 5.32 Å². The van der Waals surface area contributed by atoms with Crippen molar-refractivity contribution in [3.05, 3.63) is 81.6 Å². The summed E-state index contributed by atoms with van der Waals surface area (Å²) in [7, 11) is 0. The summed E-state index contributed by atoms with van der Waals surface area (Å²) in [6, 6.07) is 9.91. The Morgan fingerprint density at radius 2 is 1.85 bits per heavy atom. The van der Waals surface area contributed by atoms with Gasteiger partial charge in [0.1, 0.15) is 0 Å². The lowest BCUT2D eigenvalue weighted by atomic mass is 9.82. The first-order chi connectivity index (χ1) is 18.5. The fraction of sp³-hybridized carbons (Fsp3) is 0.367. The van der Waals surface area contributed by atoms with E-state index in [1.165, 1.54) is 6.20 Å². The maximum atomic E-state index is 13.8. The molecule has 2 N–H and O–H groups in total. The number of rotatable bonds is 8. The van der Waals surface area contributed by atoms with Crippen molar-refractivity contribution >= 4 is 29.2 Å². The molecule has 0 aliphatic heterocycles. The molecule has 4 rings (SSSR count). The van der Waals surface area contributed by atoms with Crippen LogP contribution >= 0.6 is 11.6 Å². The van der Waals surface area contributed by atoms with Gasteiger partial charge in [-0.3, -0.25) is 14.6 Å². The van der Waals surface area contributed by atoms with Crippen LogP contribution in [-0.2, 0) is 22.2 Å². The average Bonchev–Trinajstić information content (AvgIpc) is 3.40. The molecule has 39 heavy (non-hydrogen) atoms. The van der Waals surface area contributed by atoms with Gasteiger partial charge in [0.05, 0.1) is 11.5 Å². The van der Waals surface area contributed by atoms with Crippen molar-refractivity contribution in [3.8, 4) is 11.1 Å². The van der Waals surface area contributed by atoms with E-state index in [1.54, 1.807) is 31.2 Å². The lowest BCUT2D eigenvalue weighted by Gasteiger charge is -2.26. The molecule has 1 amide bonds. The molecule has 0 saturated heterocycles. The molecule has 0 spiro atoms. The summed E-state index contributed by atoms with van der Waals surface area (Å²) < 4.78 is 39.8. The highest BCUT2D eigenvalue weighted by molar-refractivity contribution is 6.32. The molecule has 1 atom stereocenters. The summed E-state index contributed by atoms with van der Waals surface area (Å²) in [5.41, 5.74) is 3.59. The minimum Gasteiger partial charge on any atom is -0.481 e. The van der Waals surface area contributed by atoms with E-state index < -0.39 is 23.6 Å². The third-order valence-electron chi connectivity index (χ3n) is 7.52. The fourth-order valence-corrected chi connectivity index (χ4v) is 5.72. The van der Waals surface area contributed by atoms with E-state index in [9.17, 15) is 22.8 Å². The van der Waals surface area contributed by atoms with Crippen LogP contribution in [0.5, 0.6) is 0 Å². The van der Waals surface area contributed by atoms with Gasteiger partial charge in [0, 0.05) is 35.1 Å². The number of anilines is 1. The monoisotopic (exact) mass is 558 g/mol. The Bertz CT molecular complexity index is 1380. The largest absolute Gasteiger partial charge is 0.481 e. The molecule has 0 radical (unpaired) electrons. The molecule has 1 fully saturated rings. The summed E-state index contributed by atoms with van der Waals surface area (Å²) in [6.07, 6.45) is 1.72. The number of aryl methyl sites for hydroxylation is 2. The second-order valence-electron chi connectivity index (χ2n) is 10.1. The van der Waals surface area contributed by atoms with Crippen LogP contribution in [0.15, 0.2) is 48.8 Å². The van der Waals surface area contributed by atoms with E-state index in [4.69, 9.17) is 16.7 Å². The standard InChI is InChI=1S/C30H30ClF3N2O3/c1-17-12-24(25(31)14-23(17)21-13-22(16-35-15-21)30(32,33)34)28(20-6-3-4-7-20)29(39)36-26-9-5-8-19(18(26)2)10-11-27(37)38/h5,8-9,12-16,20,28H,3-4,6-7,10-11H2,1-2H3,(H,36,39)(H,37,38). The molecule has 1 aromatic heterocycles. The van der Waals surface area contributed by atoms with Gasteiger partial charge in [0.2, 0.25) is 5.91 Å². The minimum atomic E-state index is -4.52. The van der Waals surface area contributed by atoms with E-state index >= 15 is 0 Å². The van der Waals surface area contributed by atoms with Gasteiger partial charge in [-0.15, -0.1) is 0 Å². The first kappa shape index (κ1) is 28.6. The topological polar surface area (TPSA) is 79.3 Å². The molecule has 3 aromatic rings. The molecule has 1 heterocycles. The number of benzene rings is 2. The van der Waals surface area contributed by atoms with Crippen LogP contribution in [0.25, 0.3) is 11.1 Å². The molecule has 1 saturated carbocycles. The molecule has 2 aromatic carbocycles. The normalized spacial score (nSPS) is 14.8. The second kappa shape index (κ2) is 11.8. The van der Waals surface area contributed by atoms with Gasteiger partial charge in [0.15, 0.2) is 0 Å². The van der Waals surface area contributed by atoms with Crippen LogP contribution in [0.2, 0.25) is 5.02 Å². The fourth-order valence-electron chi connectivity index (χ4n) is 5.44. The number of aromatic nitrogens is 1. The van der Waals surface area contributed by atoms with E-state index in [2.05, 4.69) is 10.3 Å². The third kappa shape index (κ3) is 6.61. The molecule has 1 aliphatic carbocycles. The number of amides is 1. The zero-order valence-electron chi connectivity index (χ0n) is 21.7. The first-order valence-corrected chi connectivity index (χ1v) is 13.3. The van der Waals surface area contributed by atoms with Crippen LogP contribution in [0.1, 0.15) is 65.8 Å². The second-order valence-corrected chi connectivity index (χ2v) is 10.6. The van der Waals surface area contributed by atoms with Gasteiger partial charge in [-0.1, -0.05) is 42.6 Å². The van der Waals surface area contributed by atoms with Crippen molar-refractivity contribution < 1.29 is 27.9 Å². The Morgan fingerprint density at radius 3 is 2.51 bits per heavy atom. The molecule has 9 heteroatoms. The van der Waals surface area contributed by atoms with Crippen molar-refractivity contribution in [2.75, 3.05) is 5.32 Å². The quantitative estimate of drug-likeness (QED) is 0.294. The van der Waals surface area contributed by atoms with Gasteiger partial charge >= 0.3 is 12.1 Å². The van der Waals surface area contributed by atoms with Gasteiger partial charge in [-0.05, 0) is 85.0 Å². The smallest absolute Gasteiger partial charge is 0.417 e. The van der Waals surface area contributed by atoms with Crippen molar-refractivity contribution in [2.45, 2.75) is 64.5 Å². The number of nitrogens with zero attached hydrogens (tertiary/aromatic N) is 1. The summed E-state index contributed by atoms with van der Waals surface area (Å²) >= 11 is 6.75.